The zero-order valence-electron chi connectivity index (χ0n) is 7.52. The van der Waals surface area contributed by atoms with Gasteiger partial charge in [-0.15, -0.1) is 0 Å². The van der Waals surface area contributed by atoms with Gasteiger partial charge in [-0.1, -0.05) is 20.8 Å². The minimum absolute atomic E-state index is 0.0881. The van der Waals surface area contributed by atoms with E-state index in [1.54, 1.807) is 14.2 Å². The normalized spacial score (nSPS) is 12.6. The molecule has 0 aromatic heterocycles. The Morgan fingerprint density at radius 1 is 1.20 bits per heavy atom. The average Bonchev–Trinajstić information content (AvgIpc) is 1.80. The van der Waals surface area contributed by atoms with Crippen molar-refractivity contribution in [3.63, 3.8) is 0 Å². The van der Waals surface area contributed by atoms with Crippen LogP contribution < -0.4 is 0 Å². The Hall–Kier alpha value is -0.0800. The van der Waals surface area contributed by atoms with Gasteiger partial charge < -0.3 is 9.47 Å². The Morgan fingerprint density at radius 3 is 1.80 bits per heavy atom. The van der Waals surface area contributed by atoms with Gasteiger partial charge in [0.1, 0.15) is 6.10 Å². The number of rotatable bonds is 3. The van der Waals surface area contributed by atoms with E-state index in [9.17, 15) is 0 Å². The minimum Gasteiger partial charge on any atom is -0.382 e. The lowest BCUT2D eigenvalue weighted by Gasteiger charge is -2.27. The lowest BCUT2D eigenvalue weighted by atomic mass is 9.89. The molecule has 10 heavy (non-hydrogen) atoms. The molecule has 61 valence electrons. The van der Waals surface area contributed by atoms with Crippen LogP contribution in [0.1, 0.15) is 20.8 Å². The van der Waals surface area contributed by atoms with Crippen LogP contribution in [0.5, 0.6) is 0 Å². The first-order chi connectivity index (χ1) is 4.52. The summed E-state index contributed by atoms with van der Waals surface area (Å²) in [6.07, 6.45) is 0.981. The highest BCUT2D eigenvalue weighted by molar-refractivity contribution is 4.91. The van der Waals surface area contributed by atoms with Gasteiger partial charge in [0, 0.05) is 14.2 Å². The van der Waals surface area contributed by atoms with E-state index in [4.69, 9.17) is 9.47 Å². The zero-order chi connectivity index (χ0) is 8.20. The van der Waals surface area contributed by atoms with Gasteiger partial charge in [0.15, 0.2) is 0 Å². The topological polar surface area (TPSA) is 18.5 Å². The van der Waals surface area contributed by atoms with Crippen molar-refractivity contribution in [2.24, 2.45) is 5.41 Å². The number of hydrogen-bond acceptors (Lipinski definition) is 2. The summed E-state index contributed by atoms with van der Waals surface area (Å²) in [6, 6.07) is 0. The van der Waals surface area contributed by atoms with E-state index in [0.29, 0.717) is 6.61 Å². The van der Waals surface area contributed by atoms with Gasteiger partial charge in [-0.2, -0.15) is 0 Å². The lowest BCUT2D eigenvalue weighted by Crippen LogP contribution is -2.23. The molecule has 0 bridgehead atoms. The van der Waals surface area contributed by atoms with Crippen molar-refractivity contribution in [1.82, 2.24) is 0 Å². The maximum absolute atomic E-state index is 5.15. The molecule has 0 aliphatic carbocycles. The molecule has 0 aromatic rings. The Kier molecular flexibility index (Phi) is 3.91. The second-order valence-electron chi connectivity index (χ2n) is 3.31. The van der Waals surface area contributed by atoms with Crippen LogP contribution in [0.4, 0.5) is 0 Å². The molecule has 0 saturated carbocycles. The number of methoxy groups -OCH3 is 2. The maximum Gasteiger partial charge on any atom is 0.127 e. The standard InChI is InChI=1S/C8H17O2/c1-8(2,3)7(10-5)6-9-4/h6H2,1-5H3. The molecule has 0 amide bonds. The molecule has 0 aromatic carbocycles. The average molecular weight is 145 g/mol. The predicted octanol–water partition coefficient (Wildman–Crippen LogP) is 1.86. The van der Waals surface area contributed by atoms with Crippen LogP contribution in [0.15, 0.2) is 0 Å². The molecule has 0 spiro atoms. The van der Waals surface area contributed by atoms with Gasteiger partial charge in [0.25, 0.3) is 0 Å². The molecular formula is C8H17O2. The maximum atomic E-state index is 5.15. The van der Waals surface area contributed by atoms with Crippen molar-refractivity contribution in [2.45, 2.75) is 20.8 Å². The summed E-state index contributed by atoms with van der Waals surface area (Å²) in [5.41, 5.74) is 0.0881. The molecule has 0 fully saturated rings. The van der Waals surface area contributed by atoms with Crippen molar-refractivity contribution in [1.29, 1.82) is 0 Å². The molecule has 0 unspecified atom stereocenters. The van der Waals surface area contributed by atoms with Crippen molar-refractivity contribution in [3.8, 4) is 0 Å². The molecule has 0 heterocycles. The van der Waals surface area contributed by atoms with Crippen LogP contribution >= 0.6 is 0 Å². The summed E-state index contributed by atoms with van der Waals surface area (Å²) < 4.78 is 10.1. The van der Waals surface area contributed by atoms with Gasteiger partial charge >= 0.3 is 0 Å². The molecule has 0 rings (SSSR count). The van der Waals surface area contributed by atoms with E-state index in [2.05, 4.69) is 20.8 Å². The van der Waals surface area contributed by atoms with Gasteiger partial charge in [-0.25, -0.2) is 0 Å². The van der Waals surface area contributed by atoms with Crippen molar-refractivity contribution in [2.75, 3.05) is 20.8 Å². The molecule has 2 heteroatoms. The quantitative estimate of drug-likeness (QED) is 0.603. The molecule has 0 atom stereocenters. The van der Waals surface area contributed by atoms with Crippen LogP contribution in [0.25, 0.3) is 0 Å². The molecule has 0 saturated heterocycles. The highest BCUT2D eigenvalue weighted by atomic mass is 16.5. The first kappa shape index (κ1) is 9.92. The predicted molar refractivity (Wildman–Crippen MR) is 41.6 cm³/mol. The Morgan fingerprint density at radius 2 is 1.70 bits per heavy atom. The number of ether oxygens (including phenoxy) is 2. The summed E-state index contributed by atoms with van der Waals surface area (Å²) >= 11 is 0. The molecule has 0 N–H and O–H groups in total. The highest BCUT2D eigenvalue weighted by Crippen LogP contribution is 2.28. The van der Waals surface area contributed by atoms with Gasteiger partial charge in [-0.05, 0) is 5.41 Å². The van der Waals surface area contributed by atoms with Crippen LogP contribution in [0.2, 0.25) is 0 Å². The minimum atomic E-state index is 0.0881. The smallest absolute Gasteiger partial charge is 0.127 e. The molecule has 2 nitrogen and oxygen atoms in total. The van der Waals surface area contributed by atoms with Crippen molar-refractivity contribution in [3.05, 3.63) is 6.10 Å². The monoisotopic (exact) mass is 145 g/mol. The van der Waals surface area contributed by atoms with Gasteiger partial charge in [0.05, 0.1) is 6.61 Å². The first-order valence-corrected chi connectivity index (χ1v) is 3.41. The second-order valence-corrected chi connectivity index (χ2v) is 3.31. The molecule has 1 radical (unpaired) electrons. The fraction of sp³-hybridized carbons (Fsp3) is 0.875. The third-order valence-corrected chi connectivity index (χ3v) is 1.36. The SMILES string of the molecule is COC[C](OC)C(C)(C)C. The fourth-order valence-corrected chi connectivity index (χ4v) is 0.713. The third-order valence-electron chi connectivity index (χ3n) is 1.36. The van der Waals surface area contributed by atoms with Crippen molar-refractivity contribution >= 4 is 0 Å². The lowest BCUT2D eigenvalue weighted by molar-refractivity contribution is 0.0499. The van der Waals surface area contributed by atoms with Crippen LogP contribution in [-0.4, -0.2) is 20.8 Å². The first-order valence-electron chi connectivity index (χ1n) is 3.41. The summed E-state index contributed by atoms with van der Waals surface area (Å²) in [5, 5.41) is 0. The van der Waals surface area contributed by atoms with Crippen LogP contribution in [-0.2, 0) is 9.47 Å². The summed E-state index contributed by atoms with van der Waals surface area (Å²) in [7, 11) is 3.35. The Bertz CT molecular complexity index is 83.7. The van der Waals surface area contributed by atoms with Crippen molar-refractivity contribution < 1.29 is 9.47 Å². The Labute approximate surface area is 63.5 Å². The Balaban J connectivity index is 3.81. The molecular weight excluding hydrogens is 128 g/mol. The van der Waals surface area contributed by atoms with E-state index in [-0.39, 0.29) is 5.41 Å². The van der Waals surface area contributed by atoms with Gasteiger partial charge in [0.2, 0.25) is 0 Å². The van der Waals surface area contributed by atoms with E-state index >= 15 is 0 Å². The zero-order valence-corrected chi connectivity index (χ0v) is 7.52. The summed E-state index contributed by atoms with van der Waals surface area (Å²) in [6.45, 7) is 6.89. The second kappa shape index (κ2) is 3.94. The fourth-order valence-electron chi connectivity index (χ4n) is 0.713. The third kappa shape index (κ3) is 3.18. The van der Waals surface area contributed by atoms with Gasteiger partial charge in [-0.3, -0.25) is 0 Å². The number of hydrogen-bond donors (Lipinski definition) is 0. The summed E-state index contributed by atoms with van der Waals surface area (Å²) in [4.78, 5) is 0. The van der Waals surface area contributed by atoms with E-state index in [1.165, 1.54) is 0 Å². The van der Waals surface area contributed by atoms with E-state index < -0.39 is 0 Å². The van der Waals surface area contributed by atoms with Crippen LogP contribution in [0.3, 0.4) is 0 Å². The molecule has 0 aliphatic heterocycles. The largest absolute Gasteiger partial charge is 0.382 e. The summed E-state index contributed by atoms with van der Waals surface area (Å²) in [5.74, 6) is 0. The highest BCUT2D eigenvalue weighted by Gasteiger charge is 2.25. The molecule has 0 aliphatic rings. The van der Waals surface area contributed by atoms with Crippen LogP contribution in [0, 0.1) is 11.5 Å². The van der Waals surface area contributed by atoms with E-state index in [1.807, 2.05) is 0 Å². The van der Waals surface area contributed by atoms with E-state index in [0.717, 1.165) is 6.10 Å².